The Morgan fingerprint density at radius 2 is 2.00 bits per heavy atom. The van der Waals surface area contributed by atoms with E-state index in [9.17, 15) is 14.0 Å². The normalized spacial score (nSPS) is 33.4. The monoisotopic (exact) mass is 418 g/mol. The average Bonchev–Trinajstić information content (AvgIpc) is 3.41. The molecule has 29 heavy (non-hydrogen) atoms. The van der Waals surface area contributed by atoms with Crippen molar-refractivity contribution in [2.45, 2.75) is 69.2 Å². The van der Waals surface area contributed by atoms with Crippen molar-refractivity contribution in [2.75, 3.05) is 13.1 Å². The number of carbonyl (C=O) groups excluding carboxylic acids is 2. The summed E-state index contributed by atoms with van der Waals surface area (Å²) in [6.45, 7) is 0.726. The SMILES string of the molecule is N#C[C@@H]1C[C@H](F)CN1C(=O)CNC12CCC(C(=O)NCc3cccs3)(CC1)CC2. The van der Waals surface area contributed by atoms with E-state index < -0.39 is 12.2 Å². The second-order valence-corrected chi connectivity index (χ2v) is 9.73. The highest BCUT2D eigenvalue weighted by Crippen LogP contribution is 2.52. The van der Waals surface area contributed by atoms with Crippen molar-refractivity contribution in [3.63, 3.8) is 0 Å². The number of amides is 2. The largest absolute Gasteiger partial charge is 0.351 e. The van der Waals surface area contributed by atoms with Gasteiger partial charge in [-0.25, -0.2) is 4.39 Å². The first kappa shape index (κ1) is 20.3. The summed E-state index contributed by atoms with van der Waals surface area (Å²) in [6.07, 6.45) is 4.04. The van der Waals surface area contributed by atoms with Gasteiger partial charge in [-0.3, -0.25) is 9.59 Å². The average molecular weight is 419 g/mol. The molecule has 3 saturated carbocycles. The van der Waals surface area contributed by atoms with Gasteiger partial charge in [0.1, 0.15) is 12.2 Å². The van der Waals surface area contributed by atoms with Crippen molar-refractivity contribution < 1.29 is 14.0 Å². The minimum atomic E-state index is -1.11. The topological polar surface area (TPSA) is 85.2 Å². The molecule has 0 radical (unpaired) electrons. The van der Waals surface area contributed by atoms with Crippen LogP contribution in [-0.4, -0.2) is 47.6 Å². The Kier molecular flexibility index (Phi) is 5.63. The van der Waals surface area contributed by atoms with E-state index in [1.165, 1.54) is 4.90 Å². The van der Waals surface area contributed by atoms with Crippen molar-refractivity contribution in [1.29, 1.82) is 5.26 Å². The van der Waals surface area contributed by atoms with Gasteiger partial charge < -0.3 is 15.5 Å². The Bertz CT molecular complexity index is 782. The molecular formula is C21H27FN4O2S. The summed E-state index contributed by atoms with van der Waals surface area (Å²) >= 11 is 1.64. The van der Waals surface area contributed by atoms with Crippen molar-refractivity contribution in [1.82, 2.24) is 15.5 Å². The number of carbonyl (C=O) groups is 2. The van der Waals surface area contributed by atoms with Gasteiger partial charge in [-0.05, 0) is 50.0 Å². The van der Waals surface area contributed by atoms with Gasteiger partial charge in [-0.2, -0.15) is 5.26 Å². The zero-order valence-electron chi connectivity index (χ0n) is 16.5. The predicted octanol–water partition coefficient (Wildman–Crippen LogP) is 2.51. The van der Waals surface area contributed by atoms with Crippen LogP contribution >= 0.6 is 11.3 Å². The Balaban J connectivity index is 1.29. The van der Waals surface area contributed by atoms with Gasteiger partial charge in [0.25, 0.3) is 0 Å². The van der Waals surface area contributed by atoms with Crippen LogP contribution in [0.5, 0.6) is 0 Å². The van der Waals surface area contributed by atoms with Crippen LogP contribution < -0.4 is 10.6 Å². The van der Waals surface area contributed by atoms with Crippen LogP contribution in [0, 0.1) is 16.7 Å². The molecule has 6 nitrogen and oxygen atoms in total. The number of nitriles is 1. The third-order valence-electron chi connectivity index (χ3n) is 7.07. The first-order chi connectivity index (χ1) is 14.0. The lowest BCUT2D eigenvalue weighted by Crippen LogP contribution is -2.60. The fourth-order valence-electron chi connectivity index (χ4n) is 5.11. The molecule has 4 aliphatic rings. The van der Waals surface area contributed by atoms with Crippen LogP contribution in [0.4, 0.5) is 4.39 Å². The van der Waals surface area contributed by atoms with Crippen molar-refractivity contribution in [3.8, 4) is 6.07 Å². The number of likely N-dealkylation sites (tertiary alicyclic amines) is 1. The smallest absolute Gasteiger partial charge is 0.237 e. The molecule has 1 saturated heterocycles. The maximum Gasteiger partial charge on any atom is 0.237 e. The summed E-state index contributed by atoms with van der Waals surface area (Å²) in [5.41, 5.74) is -0.407. The number of thiophene rings is 1. The summed E-state index contributed by atoms with van der Waals surface area (Å²) in [5, 5.41) is 17.7. The van der Waals surface area contributed by atoms with E-state index in [0.29, 0.717) is 6.54 Å². The lowest BCUT2D eigenvalue weighted by atomic mass is 9.57. The van der Waals surface area contributed by atoms with Crippen molar-refractivity contribution in [3.05, 3.63) is 22.4 Å². The first-order valence-corrected chi connectivity index (χ1v) is 11.2. The fraction of sp³-hybridized carbons (Fsp3) is 0.667. The molecule has 2 heterocycles. The first-order valence-electron chi connectivity index (χ1n) is 10.3. The Hall–Kier alpha value is -1.98. The molecule has 3 aliphatic carbocycles. The second-order valence-electron chi connectivity index (χ2n) is 8.70. The van der Waals surface area contributed by atoms with E-state index in [1.54, 1.807) is 11.3 Å². The van der Waals surface area contributed by atoms with E-state index in [1.807, 2.05) is 23.6 Å². The zero-order chi connectivity index (χ0) is 20.5. The molecule has 2 atom stereocenters. The number of nitrogens with one attached hydrogen (secondary N) is 2. The number of hydrogen-bond donors (Lipinski definition) is 2. The maximum atomic E-state index is 13.6. The van der Waals surface area contributed by atoms with E-state index >= 15 is 0 Å². The molecule has 1 aliphatic heterocycles. The molecule has 0 aromatic carbocycles. The number of hydrogen-bond acceptors (Lipinski definition) is 5. The molecule has 156 valence electrons. The van der Waals surface area contributed by atoms with Crippen molar-refractivity contribution >= 4 is 23.2 Å². The number of fused-ring (bicyclic) bond motifs is 3. The zero-order valence-corrected chi connectivity index (χ0v) is 17.3. The third kappa shape index (κ3) is 4.03. The molecule has 0 spiro atoms. The third-order valence-corrected chi connectivity index (χ3v) is 7.94. The summed E-state index contributed by atoms with van der Waals surface area (Å²) in [5.74, 6) is -0.0552. The minimum absolute atomic E-state index is 0.0132. The van der Waals surface area contributed by atoms with Crippen LogP contribution in [0.25, 0.3) is 0 Å². The van der Waals surface area contributed by atoms with E-state index in [-0.39, 0.29) is 42.3 Å². The van der Waals surface area contributed by atoms with Gasteiger partial charge in [-0.1, -0.05) is 6.07 Å². The Labute approximate surface area is 174 Å². The summed E-state index contributed by atoms with van der Waals surface area (Å²) in [7, 11) is 0. The minimum Gasteiger partial charge on any atom is -0.351 e. The highest BCUT2D eigenvalue weighted by Gasteiger charge is 2.52. The predicted molar refractivity (Wildman–Crippen MR) is 108 cm³/mol. The molecule has 2 N–H and O–H groups in total. The summed E-state index contributed by atoms with van der Waals surface area (Å²) in [4.78, 5) is 27.9. The number of halogens is 1. The van der Waals surface area contributed by atoms with E-state index in [4.69, 9.17) is 5.26 Å². The van der Waals surface area contributed by atoms with E-state index in [0.717, 1.165) is 43.4 Å². The molecular weight excluding hydrogens is 391 g/mol. The molecule has 8 heteroatoms. The number of rotatable bonds is 6. The van der Waals surface area contributed by atoms with Crippen LogP contribution in [0.3, 0.4) is 0 Å². The highest BCUT2D eigenvalue weighted by molar-refractivity contribution is 7.09. The molecule has 1 aromatic rings. The maximum absolute atomic E-state index is 13.6. The van der Waals surface area contributed by atoms with Gasteiger partial charge in [0.05, 0.1) is 25.7 Å². The highest BCUT2D eigenvalue weighted by atomic mass is 32.1. The van der Waals surface area contributed by atoms with Gasteiger partial charge in [-0.15, -0.1) is 11.3 Å². The lowest BCUT2D eigenvalue weighted by molar-refractivity contribution is -0.139. The van der Waals surface area contributed by atoms with Crippen LogP contribution in [0.15, 0.2) is 17.5 Å². The molecule has 0 unspecified atom stereocenters. The summed E-state index contributed by atoms with van der Waals surface area (Å²) in [6, 6.07) is 5.38. The molecule has 2 bridgehead atoms. The van der Waals surface area contributed by atoms with Crippen LogP contribution in [0.2, 0.25) is 0 Å². The Morgan fingerprint density at radius 1 is 1.28 bits per heavy atom. The second kappa shape index (κ2) is 8.04. The molecule has 5 rings (SSSR count). The quantitative estimate of drug-likeness (QED) is 0.743. The number of alkyl halides is 1. The van der Waals surface area contributed by atoms with Gasteiger partial charge >= 0.3 is 0 Å². The van der Waals surface area contributed by atoms with Gasteiger partial charge in [0, 0.05) is 22.3 Å². The van der Waals surface area contributed by atoms with Gasteiger partial charge in [0.2, 0.25) is 11.8 Å². The fourth-order valence-corrected chi connectivity index (χ4v) is 5.75. The molecule has 1 aromatic heterocycles. The molecule has 2 amide bonds. The lowest BCUT2D eigenvalue weighted by Gasteiger charge is -2.52. The van der Waals surface area contributed by atoms with E-state index in [2.05, 4.69) is 10.6 Å². The van der Waals surface area contributed by atoms with Crippen LogP contribution in [0.1, 0.15) is 49.8 Å². The van der Waals surface area contributed by atoms with Gasteiger partial charge in [0.15, 0.2) is 0 Å². The number of nitrogens with zero attached hydrogens (tertiary/aromatic N) is 2. The Morgan fingerprint density at radius 3 is 2.62 bits per heavy atom. The molecule has 4 fully saturated rings. The van der Waals surface area contributed by atoms with Crippen molar-refractivity contribution in [2.24, 2.45) is 5.41 Å². The summed E-state index contributed by atoms with van der Waals surface area (Å²) < 4.78 is 13.6. The van der Waals surface area contributed by atoms with Crippen LogP contribution in [-0.2, 0) is 16.1 Å². The standard InChI is InChI=1S/C21H27FN4O2S/c22-15-10-16(11-23)26(14-15)18(27)13-25-21-6-3-20(4-7-21,5-8-21)19(28)24-12-17-2-1-9-29-17/h1-2,9,15-16,25H,3-8,10,12-14H2,(H,24,28)/t15-,16-,20?,21?/m0/s1.